The predicted molar refractivity (Wildman–Crippen MR) is 67.1 cm³/mol. The first-order valence-corrected chi connectivity index (χ1v) is 5.57. The molecule has 0 saturated heterocycles. The van der Waals surface area contributed by atoms with Gasteiger partial charge in [0.15, 0.2) is 0 Å². The van der Waals surface area contributed by atoms with E-state index in [-0.39, 0.29) is 0 Å². The molecule has 0 aliphatic rings. The van der Waals surface area contributed by atoms with E-state index < -0.39 is 0 Å². The van der Waals surface area contributed by atoms with Crippen molar-refractivity contribution in [3.8, 4) is 0 Å². The Labute approximate surface area is 100 Å². The summed E-state index contributed by atoms with van der Waals surface area (Å²) >= 11 is 11.9. The zero-order valence-corrected chi connectivity index (χ0v) is 10.6. The van der Waals surface area contributed by atoms with Gasteiger partial charge in [0.05, 0.1) is 10.0 Å². The second-order valence-corrected chi connectivity index (χ2v) is 4.49. The Bertz CT molecular complexity index is 340. The average molecular weight is 248 g/mol. The number of anilines is 2. The number of nitrogens with one attached hydrogen (secondary N) is 2. The molecule has 0 aliphatic carbocycles. The molecule has 0 amide bonds. The van der Waals surface area contributed by atoms with E-state index >= 15 is 0 Å². The minimum absolute atomic E-state index is 0.526. The zero-order chi connectivity index (χ0) is 11.4. The van der Waals surface area contributed by atoms with E-state index in [4.69, 9.17) is 23.2 Å². The lowest BCUT2D eigenvalue weighted by atomic mass is 10.2. The molecule has 0 saturated carbocycles. The van der Waals surface area contributed by atoms with E-state index in [1.54, 1.807) is 13.1 Å². The second-order valence-electron chi connectivity index (χ2n) is 3.67. The molecule has 0 radical (unpaired) electrons. The van der Waals surface area contributed by atoms with Crippen molar-refractivity contribution >= 4 is 34.8 Å². The molecule has 1 aromatic rings. The lowest BCUT2D eigenvalue weighted by Gasteiger charge is -2.12. The van der Waals surface area contributed by atoms with Crippen LogP contribution < -0.4 is 10.6 Å². The van der Waals surface area contributed by atoms with Crippen LogP contribution in [-0.2, 0) is 0 Å². The third-order valence-corrected chi connectivity index (χ3v) is 2.42. The van der Waals surface area contributed by atoms with Crippen molar-refractivity contribution in [3.05, 3.63) is 16.1 Å². The van der Waals surface area contributed by atoms with E-state index in [2.05, 4.69) is 29.5 Å². The summed E-state index contributed by atoms with van der Waals surface area (Å²) in [4.78, 5) is 4.28. The van der Waals surface area contributed by atoms with Crippen LogP contribution in [0.5, 0.6) is 0 Å². The van der Waals surface area contributed by atoms with Crippen molar-refractivity contribution < 1.29 is 0 Å². The van der Waals surface area contributed by atoms with Gasteiger partial charge in [0, 0.05) is 13.6 Å². The standard InChI is InChI=1S/C10H15Cl2N3/c1-6(2)5-14-10-8(12)4-7(11)9(13-3)15-10/h4,6H,5H2,1-3H3,(H2,13,14,15). The first kappa shape index (κ1) is 12.4. The van der Waals surface area contributed by atoms with Gasteiger partial charge in [-0.3, -0.25) is 0 Å². The SMILES string of the molecule is CNc1nc(NCC(C)C)c(Cl)cc1Cl. The monoisotopic (exact) mass is 247 g/mol. The highest BCUT2D eigenvalue weighted by Crippen LogP contribution is 2.28. The third kappa shape index (κ3) is 3.43. The zero-order valence-electron chi connectivity index (χ0n) is 9.06. The number of hydrogen-bond acceptors (Lipinski definition) is 3. The first-order chi connectivity index (χ1) is 7.04. The summed E-state index contributed by atoms with van der Waals surface area (Å²) in [7, 11) is 1.77. The Morgan fingerprint density at radius 2 is 1.87 bits per heavy atom. The summed E-state index contributed by atoms with van der Waals surface area (Å²) in [5.41, 5.74) is 0. The molecular formula is C10H15Cl2N3. The van der Waals surface area contributed by atoms with Crippen molar-refractivity contribution in [2.24, 2.45) is 5.92 Å². The maximum absolute atomic E-state index is 6.00. The van der Waals surface area contributed by atoms with Crippen LogP contribution in [-0.4, -0.2) is 18.6 Å². The fraction of sp³-hybridized carbons (Fsp3) is 0.500. The topological polar surface area (TPSA) is 37.0 Å². The smallest absolute Gasteiger partial charge is 0.147 e. The van der Waals surface area contributed by atoms with Crippen LogP contribution in [0.15, 0.2) is 6.07 Å². The summed E-state index contributed by atoms with van der Waals surface area (Å²) in [5.74, 6) is 1.84. The fourth-order valence-electron chi connectivity index (χ4n) is 1.07. The molecule has 3 nitrogen and oxygen atoms in total. The molecule has 0 aromatic carbocycles. The third-order valence-electron chi connectivity index (χ3n) is 1.84. The summed E-state index contributed by atoms with van der Waals surface area (Å²) in [6.45, 7) is 5.07. The Morgan fingerprint density at radius 3 is 2.40 bits per heavy atom. The van der Waals surface area contributed by atoms with Crippen molar-refractivity contribution in [1.29, 1.82) is 0 Å². The highest BCUT2D eigenvalue weighted by molar-refractivity contribution is 6.37. The molecule has 0 aliphatic heterocycles. The number of aromatic nitrogens is 1. The Morgan fingerprint density at radius 1 is 1.27 bits per heavy atom. The van der Waals surface area contributed by atoms with E-state index in [1.807, 2.05) is 0 Å². The van der Waals surface area contributed by atoms with Gasteiger partial charge in [-0.25, -0.2) is 4.98 Å². The Balaban J connectivity index is 2.87. The van der Waals surface area contributed by atoms with Crippen LogP contribution >= 0.6 is 23.2 Å². The molecule has 5 heteroatoms. The highest BCUT2D eigenvalue weighted by atomic mass is 35.5. The van der Waals surface area contributed by atoms with E-state index in [9.17, 15) is 0 Å². The molecular weight excluding hydrogens is 233 g/mol. The minimum Gasteiger partial charge on any atom is -0.372 e. The molecule has 1 rings (SSSR count). The van der Waals surface area contributed by atoms with Crippen LogP contribution in [0.3, 0.4) is 0 Å². The predicted octanol–water partition coefficient (Wildman–Crippen LogP) is 3.50. The van der Waals surface area contributed by atoms with Gasteiger partial charge in [-0.2, -0.15) is 0 Å². The maximum atomic E-state index is 6.00. The molecule has 15 heavy (non-hydrogen) atoms. The summed E-state index contributed by atoms with van der Waals surface area (Å²) in [6, 6.07) is 1.69. The fourth-order valence-corrected chi connectivity index (χ4v) is 1.59. The molecule has 1 aromatic heterocycles. The lowest BCUT2D eigenvalue weighted by Crippen LogP contribution is -2.10. The van der Waals surface area contributed by atoms with Gasteiger partial charge >= 0.3 is 0 Å². The van der Waals surface area contributed by atoms with Gasteiger partial charge in [-0.05, 0) is 12.0 Å². The number of hydrogen-bond donors (Lipinski definition) is 2. The van der Waals surface area contributed by atoms with Crippen LogP contribution in [0.25, 0.3) is 0 Å². The normalized spacial score (nSPS) is 10.5. The van der Waals surface area contributed by atoms with Crippen molar-refractivity contribution in [2.75, 3.05) is 24.2 Å². The van der Waals surface area contributed by atoms with Gasteiger partial charge < -0.3 is 10.6 Å². The number of pyridine rings is 1. The summed E-state index contributed by atoms with van der Waals surface area (Å²) < 4.78 is 0. The molecule has 0 fully saturated rings. The van der Waals surface area contributed by atoms with Gasteiger partial charge in [0.25, 0.3) is 0 Å². The summed E-state index contributed by atoms with van der Waals surface area (Å²) in [5, 5.41) is 7.15. The maximum Gasteiger partial charge on any atom is 0.147 e. The number of halogens is 2. The molecule has 0 atom stereocenters. The lowest BCUT2D eigenvalue weighted by molar-refractivity contribution is 0.687. The van der Waals surface area contributed by atoms with E-state index in [0.29, 0.717) is 27.6 Å². The largest absolute Gasteiger partial charge is 0.372 e. The Kier molecular flexibility index (Phi) is 4.48. The molecule has 2 N–H and O–H groups in total. The van der Waals surface area contributed by atoms with Crippen molar-refractivity contribution in [1.82, 2.24) is 4.98 Å². The quantitative estimate of drug-likeness (QED) is 0.856. The number of rotatable bonds is 4. The first-order valence-electron chi connectivity index (χ1n) is 4.82. The van der Waals surface area contributed by atoms with Crippen LogP contribution in [0.4, 0.5) is 11.6 Å². The molecule has 1 heterocycles. The van der Waals surface area contributed by atoms with E-state index in [0.717, 1.165) is 6.54 Å². The van der Waals surface area contributed by atoms with Gasteiger partial charge in [-0.1, -0.05) is 37.0 Å². The number of nitrogens with zero attached hydrogens (tertiary/aromatic N) is 1. The van der Waals surface area contributed by atoms with Gasteiger partial charge in [-0.15, -0.1) is 0 Å². The minimum atomic E-state index is 0.526. The molecule has 0 unspecified atom stereocenters. The van der Waals surface area contributed by atoms with Crippen molar-refractivity contribution in [2.45, 2.75) is 13.8 Å². The van der Waals surface area contributed by atoms with Crippen LogP contribution in [0.2, 0.25) is 10.0 Å². The average Bonchev–Trinajstić information content (AvgIpc) is 2.16. The molecule has 0 spiro atoms. The Hall–Kier alpha value is -0.670. The summed E-state index contributed by atoms with van der Waals surface area (Å²) in [6.07, 6.45) is 0. The van der Waals surface area contributed by atoms with Gasteiger partial charge in [0.2, 0.25) is 0 Å². The van der Waals surface area contributed by atoms with Crippen molar-refractivity contribution in [3.63, 3.8) is 0 Å². The molecule has 84 valence electrons. The molecule has 0 bridgehead atoms. The van der Waals surface area contributed by atoms with E-state index in [1.165, 1.54) is 0 Å². The van der Waals surface area contributed by atoms with Crippen LogP contribution in [0, 0.1) is 5.92 Å². The second kappa shape index (κ2) is 5.42. The highest BCUT2D eigenvalue weighted by Gasteiger charge is 2.08. The van der Waals surface area contributed by atoms with Gasteiger partial charge in [0.1, 0.15) is 11.6 Å². The van der Waals surface area contributed by atoms with Crippen LogP contribution in [0.1, 0.15) is 13.8 Å².